The largest absolute Gasteiger partial charge is 0.464 e. The fourth-order valence-corrected chi connectivity index (χ4v) is 1.70. The van der Waals surface area contributed by atoms with Gasteiger partial charge in [0.25, 0.3) is 0 Å². The molecule has 2 aromatic rings. The number of H-pyrrole nitrogens is 1. The first kappa shape index (κ1) is 15.3. The number of nitrogens with two attached hydrogens (primary N) is 1. The van der Waals surface area contributed by atoms with Gasteiger partial charge in [-0.25, -0.2) is 9.78 Å². The molecule has 0 fully saturated rings. The van der Waals surface area contributed by atoms with E-state index in [0.29, 0.717) is 17.9 Å². The predicted molar refractivity (Wildman–Crippen MR) is 77.4 cm³/mol. The van der Waals surface area contributed by atoms with Crippen LogP contribution in [0.15, 0.2) is 36.5 Å². The Balaban J connectivity index is 0.00000180. The van der Waals surface area contributed by atoms with Gasteiger partial charge in [0.05, 0.1) is 19.3 Å². The minimum absolute atomic E-state index is 0. The summed E-state index contributed by atoms with van der Waals surface area (Å²) in [6.45, 7) is 0. The van der Waals surface area contributed by atoms with Crippen LogP contribution in [-0.4, -0.2) is 23.0 Å². The van der Waals surface area contributed by atoms with Gasteiger partial charge in [-0.3, -0.25) is 0 Å². The van der Waals surface area contributed by atoms with Gasteiger partial charge >= 0.3 is 5.97 Å². The molecular formula is C13H17N3O2S. The Morgan fingerprint density at radius 2 is 2.11 bits per heavy atom. The Morgan fingerprint density at radius 3 is 2.74 bits per heavy atom. The number of imidazole rings is 1. The van der Waals surface area contributed by atoms with Crippen molar-refractivity contribution in [2.75, 3.05) is 7.11 Å². The number of hydrogen-bond acceptors (Lipinski definition) is 4. The van der Waals surface area contributed by atoms with Gasteiger partial charge in [-0.1, -0.05) is 30.3 Å². The van der Waals surface area contributed by atoms with Gasteiger partial charge in [-0.05, 0) is 12.0 Å². The first-order chi connectivity index (χ1) is 8.70. The highest BCUT2D eigenvalue weighted by molar-refractivity contribution is 7.59. The van der Waals surface area contributed by atoms with E-state index in [1.807, 2.05) is 30.3 Å². The lowest BCUT2D eigenvalue weighted by Gasteiger charge is -2.08. The van der Waals surface area contributed by atoms with E-state index in [4.69, 9.17) is 5.73 Å². The van der Waals surface area contributed by atoms with E-state index in [2.05, 4.69) is 14.7 Å². The van der Waals surface area contributed by atoms with E-state index in [-0.39, 0.29) is 19.5 Å². The van der Waals surface area contributed by atoms with E-state index in [1.165, 1.54) is 13.3 Å². The van der Waals surface area contributed by atoms with Gasteiger partial charge in [-0.15, -0.1) is 0 Å². The molecule has 0 aliphatic heterocycles. The van der Waals surface area contributed by atoms with Gasteiger partial charge < -0.3 is 15.5 Å². The summed E-state index contributed by atoms with van der Waals surface area (Å²) in [6, 6.07) is 9.62. The van der Waals surface area contributed by atoms with Crippen molar-refractivity contribution in [2.45, 2.75) is 12.5 Å². The molecule has 0 radical (unpaired) electrons. The molecule has 0 amide bonds. The first-order valence-electron chi connectivity index (χ1n) is 5.63. The van der Waals surface area contributed by atoms with Crippen LogP contribution in [0.2, 0.25) is 0 Å². The normalized spacial score (nSPS) is 11.5. The number of rotatable bonds is 4. The molecule has 1 aromatic carbocycles. The van der Waals surface area contributed by atoms with Crippen molar-refractivity contribution in [3.05, 3.63) is 53.6 Å². The summed E-state index contributed by atoms with van der Waals surface area (Å²) < 4.78 is 4.60. The third-order valence-corrected chi connectivity index (χ3v) is 2.65. The van der Waals surface area contributed by atoms with Crippen LogP contribution >= 0.6 is 13.5 Å². The number of hydrogen-bond donors (Lipinski definition) is 2. The Hall–Kier alpha value is -1.79. The van der Waals surface area contributed by atoms with Crippen molar-refractivity contribution in [1.82, 2.24) is 9.97 Å². The summed E-state index contributed by atoms with van der Waals surface area (Å²) in [4.78, 5) is 18.2. The smallest absolute Gasteiger partial charge is 0.356 e. The van der Waals surface area contributed by atoms with Gasteiger partial charge in [0.15, 0.2) is 0 Å². The maximum absolute atomic E-state index is 11.3. The van der Waals surface area contributed by atoms with Crippen LogP contribution < -0.4 is 5.73 Å². The van der Waals surface area contributed by atoms with Crippen molar-refractivity contribution in [1.29, 1.82) is 0 Å². The predicted octanol–water partition coefficient (Wildman–Crippen LogP) is 1.55. The molecule has 0 saturated carbocycles. The summed E-state index contributed by atoms with van der Waals surface area (Å²) >= 11 is 0. The van der Waals surface area contributed by atoms with E-state index in [9.17, 15) is 4.79 Å². The zero-order valence-electron chi connectivity index (χ0n) is 10.6. The highest BCUT2D eigenvalue weighted by Gasteiger charge is 2.14. The zero-order chi connectivity index (χ0) is 13.0. The average molecular weight is 279 g/mol. The number of nitrogens with one attached hydrogen (secondary N) is 1. The van der Waals surface area contributed by atoms with Crippen molar-refractivity contribution in [3.63, 3.8) is 0 Å². The maximum atomic E-state index is 11.3. The minimum atomic E-state index is -0.444. The van der Waals surface area contributed by atoms with Gasteiger partial charge in [0.1, 0.15) is 11.5 Å². The first-order valence-corrected chi connectivity index (χ1v) is 5.63. The Morgan fingerprint density at radius 1 is 1.42 bits per heavy atom. The lowest BCUT2D eigenvalue weighted by Crippen LogP contribution is -2.15. The number of methoxy groups -OCH3 is 1. The topological polar surface area (TPSA) is 81.0 Å². The second-order valence-electron chi connectivity index (χ2n) is 3.97. The fraction of sp³-hybridized carbons (Fsp3) is 0.231. The standard InChI is InChI=1S/C13H15N3O2.H2S/c1-18-13(17)11-8-15-12(16-11)10(14)7-9-5-3-2-4-6-9;/h2-6,8,10H,7,14H2,1H3,(H,15,16);1H2/t10-;/m0./s1. The summed E-state index contributed by atoms with van der Waals surface area (Å²) in [5.41, 5.74) is 7.48. The van der Waals surface area contributed by atoms with Gasteiger partial charge in [-0.2, -0.15) is 13.5 Å². The third-order valence-electron chi connectivity index (χ3n) is 2.65. The average Bonchev–Trinajstić information content (AvgIpc) is 2.88. The quantitative estimate of drug-likeness (QED) is 0.832. The number of carbonyl (C=O) groups excluding carboxylic acids is 1. The monoisotopic (exact) mass is 279 g/mol. The number of esters is 1. The van der Waals surface area contributed by atoms with Crippen molar-refractivity contribution < 1.29 is 9.53 Å². The molecule has 3 N–H and O–H groups in total. The number of aromatic amines is 1. The van der Waals surface area contributed by atoms with Crippen LogP contribution in [0.5, 0.6) is 0 Å². The molecule has 0 bridgehead atoms. The maximum Gasteiger partial charge on any atom is 0.356 e. The summed E-state index contributed by atoms with van der Waals surface area (Å²) in [6.07, 6.45) is 2.10. The number of aromatic nitrogens is 2. The molecule has 0 aliphatic carbocycles. The number of ether oxygens (including phenoxy) is 1. The van der Waals surface area contributed by atoms with Crippen LogP contribution in [0.1, 0.15) is 27.9 Å². The van der Waals surface area contributed by atoms with Crippen LogP contribution in [-0.2, 0) is 11.2 Å². The van der Waals surface area contributed by atoms with E-state index in [1.54, 1.807) is 0 Å². The Bertz CT molecular complexity index is 528. The van der Waals surface area contributed by atoms with Crippen LogP contribution in [0, 0.1) is 0 Å². The van der Waals surface area contributed by atoms with Gasteiger partial charge in [0, 0.05) is 0 Å². The molecular weight excluding hydrogens is 262 g/mol. The second kappa shape index (κ2) is 6.96. The van der Waals surface area contributed by atoms with Crippen LogP contribution in [0.3, 0.4) is 0 Å². The van der Waals surface area contributed by atoms with E-state index >= 15 is 0 Å². The molecule has 1 atom stereocenters. The summed E-state index contributed by atoms with van der Waals surface area (Å²) in [5, 5.41) is 0. The molecule has 102 valence electrons. The summed E-state index contributed by atoms with van der Waals surface area (Å²) in [5.74, 6) is 0.139. The highest BCUT2D eigenvalue weighted by Crippen LogP contribution is 2.13. The molecule has 0 saturated heterocycles. The van der Waals surface area contributed by atoms with Crippen molar-refractivity contribution >= 4 is 19.5 Å². The SMILES string of the molecule is COC(=O)c1cnc([C@@H](N)Cc2ccccc2)[nH]1.S. The van der Waals surface area contributed by atoms with Crippen LogP contribution in [0.25, 0.3) is 0 Å². The molecule has 19 heavy (non-hydrogen) atoms. The molecule has 6 heteroatoms. The minimum Gasteiger partial charge on any atom is -0.464 e. The zero-order valence-corrected chi connectivity index (χ0v) is 11.6. The molecule has 1 aromatic heterocycles. The van der Waals surface area contributed by atoms with E-state index in [0.717, 1.165) is 5.56 Å². The van der Waals surface area contributed by atoms with E-state index < -0.39 is 5.97 Å². The third kappa shape index (κ3) is 3.84. The molecule has 1 heterocycles. The molecule has 0 spiro atoms. The van der Waals surface area contributed by atoms with Crippen LogP contribution in [0.4, 0.5) is 0 Å². The number of carbonyl (C=O) groups is 1. The summed E-state index contributed by atoms with van der Waals surface area (Å²) in [7, 11) is 1.33. The van der Waals surface area contributed by atoms with Gasteiger partial charge in [0.2, 0.25) is 0 Å². The lowest BCUT2D eigenvalue weighted by atomic mass is 10.1. The van der Waals surface area contributed by atoms with Crippen molar-refractivity contribution in [2.24, 2.45) is 5.73 Å². The number of benzene rings is 1. The highest BCUT2D eigenvalue weighted by atomic mass is 32.1. The van der Waals surface area contributed by atoms with Crippen molar-refractivity contribution in [3.8, 4) is 0 Å². The Labute approximate surface area is 118 Å². The molecule has 0 unspecified atom stereocenters. The molecule has 2 rings (SSSR count). The Kier molecular flexibility index (Phi) is 5.59. The fourth-order valence-electron chi connectivity index (χ4n) is 1.70. The molecule has 5 nitrogen and oxygen atoms in total. The second-order valence-corrected chi connectivity index (χ2v) is 3.97. The number of nitrogens with zero attached hydrogens (tertiary/aromatic N) is 1. The lowest BCUT2D eigenvalue weighted by molar-refractivity contribution is 0.0594. The molecule has 0 aliphatic rings.